The summed E-state index contributed by atoms with van der Waals surface area (Å²) in [6.07, 6.45) is 3.66. The molecule has 2 aliphatic rings. The Morgan fingerprint density at radius 1 is 1.24 bits per heavy atom. The second kappa shape index (κ2) is 7.87. The van der Waals surface area contributed by atoms with Crippen LogP contribution in [0.3, 0.4) is 0 Å². The molecular formula is C19H32F3NO2. The van der Waals surface area contributed by atoms with Crippen LogP contribution in [0.25, 0.3) is 0 Å². The Labute approximate surface area is 149 Å². The molecule has 5 atom stereocenters. The smallest absolute Gasteiger partial charge is 0.393 e. The van der Waals surface area contributed by atoms with Crippen molar-refractivity contribution in [1.82, 2.24) is 4.90 Å². The van der Waals surface area contributed by atoms with Gasteiger partial charge in [-0.2, -0.15) is 13.2 Å². The highest BCUT2D eigenvalue weighted by molar-refractivity contribution is 5.07. The maximum Gasteiger partial charge on any atom is 0.394 e. The van der Waals surface area contributed by atoms with Gasteiger partial charge < -0.3 is 14.7 Å². The van der Waals surface area contributed by atoms with Crippen molar-refractivity contribution in [2.45, 2.75) is 77.3 Å². The van der Waals surface area contributed by atoms with Crippen LogP contribution in [0.4, 0.5) is 13.2 Å². The minimum absolute atomic E-state index is 0.255. The highest BCUT2D eigenvalue weighted by Gasteiger charge is 2.46. The first-order valence-electron chi connectivity index (χ1n) is 9.35. The summed E-state index contributed by atoms with van der Waals surface area (Å²) in [4.78, 5) is 2.30. The molecule has 1 fully saturated rings. The number of ether oxygens (including phenoxy) is 1. The van der Waals surface area contributed by atoms with E-state index in [1.54, 1.807) is 0 Å². The highest BCUT2D eigenvalue weighted by atomic mass is 19.4. The molecule has 6 heteroatoms. The van der Waals surface area contributed by atoms with Crippen LogP contribution >= 0.6 is 0 Å². The monoisotopic (exact) mass is 363 g/mol. The van der Waals surface area contributed by atoms with Crippen molar-refractivity contribution >= 4 is 0 Å². The number of aliphatic hydroxyl groups is 1. The maximum atomic E-state index is 12.9. The molecule has 1 aliphatic heterocycles. The predicted molar refractivity (Wildman–Crippen MR) is 92.0 cm³/mol. The molecule has 2 rings (SSSR count). The molecule has 0 amide bonds. The molecule has 146 valence electrons. The minimum atomic E-state index is -4.24. The maximum absolute atomic E-state index is 12.9. The second-order valence-electron chi connectivity index (χ2n) is 8.19. The van der Waals surface area contributed by atoms with Gasteiger partial charge in [0, 0.05) is 19.2 Å². The fourth-order valence-electron chi connectivity index (χ4n) is 3.95. The molecule has 1 aliphatic carbocycles. The average Bonchev–Trinajstić information content (AvgIpc) is 2.92. The zero-order chi connectivity index (χ0) is 18.8. The Morgan fingerprint density at radius 3 is 2.52 bits per heavy atom. The van der Waals surface area contributed by atoms with Crippen molar-refractivity contribution < 1.29 is 23.0 Å². The number of rotatable bonds is 7. The molecule has 1 N–H and O–H groups in total. The lowest BCUT2D eigenvalue weighted by atomic mass is 9.77. The molecule has 5 unspecified atom stereocenters. The van der Waals surface area contributed by atoms with Gasteiger partial charge in [0.15, 0.2) is 0 Å². The Hall–Kier alpha value is -0.750. The third kappa shape index (κ3) is 5.13. The van der Waals surface area contributed by atoms with Gasteiger partial charge in [-0.05, 0) is 64.5 Å². The van der Waals surface area contributed by atoms with Crippen molar-refractivity contribution in [2.75, 3.05) is 13.2 Å². The largest absolute Gasteiger partial charge is 0.394 e. The molecule has 25 heavy (non-hydrogen) atoms. The quantitative estimate of drug-likeness (QED) is 0.682. The fourth-order valence-corrected chi connectivity index (χ4v) is 3.95. The Kier molecular flexibility index (Phi) is 6.47. The zero-order valence-electron chi connectivity index (χ0n) is 15.7. The first kappa shape index (κ1) is 20.6. The van der Waals surface area contributed by atoms with E-state index in [1.807, 2.05) is 6.92 Å². The molecular weight excluding hydrogens is 331 g/mol. The van der Waals surface area contributed by atoms with Crippen LogP contribution in [0.1, 0.15) is 53.4 Å². The van der Waals surface area contributed by atoms with Crippen molar-refractivity contribution in [3.8, 4) is 0 Å². The number of alkyl halides is 3. The summed E-state index contributed by atoms with van der Waals surface area (Å²) in [7, 11) is 0. The molecule has 0 saturated heterocycles. The van der Waals surface area contributed by atoms with Gasteiger partial charge in [0.05, 0.1) is 17.6 Å². The molecule has 0 spiro atoms. The molecule has 0 bridgehead atoms. The van der Waals surface area contributed by atoms with Gasteiger partial charge in [0.1, 0.15) is 0 Å². The topological polar surface area (TPSA) is 32.7 Å². The Morgan fingerprint density at radius 2 is 1.92 bits per heavy atom. The van der Waals surface area contributed by atoms with Crippen LogP contribution in [0.5, 0.6) is 0 Å². The summed E-state index contributed by atoms with van der Waals surface area (Å²) in [5.41, 5.74) is -1.21. The van der Waals surface area contributed by atoms with Gasteiger partial charge in [-0.1, -0.05) is 13.0 Å². The Balaban J connectivity index is 1.74. The van der Waals surface area contributed by atoms with Crippen LogP contribution in [0, 0.1) is 17.8 Å². The van der Waals surface area contributed by atoms with Crippen LogP contribution in [0.2, 0.25) is 0 Å². The minimum Gasteiger partial charge on any atom is -0.393 e. The molecule has 0 radical (unpaired) electrons. The Bertz CT molecular complexity index is 462. The van der Waals surface area contributed by atoms with Gasteiger partial charge in [-0.15, -0.1) is 0 Å². The summed E-state index contributed by atoms with van der Waals surface area (Å²) in [6.45, 7) is 7.18. The van der Waals surface area contributed by atoms with Gasteiger partial charge in [0.2, 0.25) is 0 Å². The van der Waals surface area contributed by atoms with Crippen molar-refractivity contribution in [3.05, 3.63) is 12.3 Å². The first-order valence-corrected chi connectivity index (χ1v) is 9.35. The molecule has 0 aromatic heterocycles. The van der Waals surface area contributed by atoms with Gasteiger partial charge in [-0.25, -0.2) is 0 Å². The van der Waals surface area contributed by atoms with Crippen LogP contribution in [-0.4, -0.2) is 47.1 Å². The molecule has 0 aromatic rings. The first-order chi connectivity index (χ1) is 11.5. The number of aliphatic hydroxyl groups excluding tert-OH is 1. The van der Waals surface area contributed by atoms with E-state index in [0.717, 1.165) is 25.8 Å². The van der Waals surface area contributed by atoms with Gasteiger partial charge in [0.25, 0.3) is 0 Å². The van der Waals surface area contributed by atoms with Crippen LogP contribution in [0.15, 0.2) is 12.3 Å². The van der Waals surface area contributed by atoms with Crippen molar-refractivity contribution in [3.63, 3.8) is 0 Å². The zero-order valence-corrected chi connectivity index (χ0v) is 15.7. The van der Waals surface area contributed by atoms with E-state index in [1.165, 1.54) is 20.8 Å². The number of fused-ring (bicyclic) bond motifs is 1. The summed E-state index contributed by atoms with van der Waals surface area (Å²) in [5, 5.41) is 9.78. The van der Waals surface area contributed by atoms with E-state index in [0.29, 0.717) is 30.9 Å². The highest BCUT2D eigenvalue weighted by Crippen LogP contribution is 2.39. The summed E-state index contributed by atoms with van der Waals surface area (Å²) >= 11 is 0. The number of hydrogen-bond donors (Lipinski definition) is 1. The lowest BCUT2D eigenvalue weighted by Crippen LogP contribution is -2.42. The van der Waals surface area contributed by atoms with E-state index in [4.69, 9.17) is 4.74 Å². The van der Waals surface area contributed by atoms with Gasteiger partial charge >= 0.3 is 6.18 Å². The number of hydrogen-bond acceptors (Lipinski definition) is 3. The second-order valence-corrected chi connectivity index (χ2v) is 8.19. The number of halogens is 3. The van der Waals surface area contributed by atoms with E-state index < -0.39 is 17.7 Å². The lowest BCUT2D eigenvalue weighted by Gasteiger charge is -2.38. The lowest BCUT2D eigenvalue weighted by molar-refractivity contribution is -0.224. The molecule has 1 saturated carbocycles. The fraction of sp³-hybridized carbons (Fsp3) is 0.895. The third-order valence-corrected chi connectivity index (χ3v) is 6.10. The van der Waals surface area contributed by atoms with E-state index in [9.17, 15) is 18.3 Å². The molecule has 3 nitrogen and oxygen atoms in total. The van der Waals surface area contributed by atoms with E-state index in [2.05, 4.69) is 17.2 Å². The third-order valence-electron chi connectivity index (χ3n) is 6.10. The van der Waals surface area contributed by atoms with Crippen LogP contribution in [-0.2, 0) is 4.74 Å². The number of nitrogens with zero attached hydrogens (tertiary/aromatic N) is 1. The summed E-state index contributed by atoms with van der Waals surface area (Å²) in [6, 6.07) is 0.470. The predicted octanol–water partition coefficient (Wildman–Crippen LogP) is 4.37. The summed E-state index contributed by atoms with van der Waals surface area (Å²) < 4.78 is 44.1. The van der Waals surface area contributed by atoms with Crippen molar-refractivity contribution in [2.24, 2.45) is 17.8 Å². The van der Waals surface area contributed by atoms with Crippen LogP contribution < -0.4 is 0 Å². The average molecular weight is 363 g/mol. The standard InChI is InChI=1S/C19H32F3NO2/c1-13(24)15-6-7-17-16(12-15)8-10-23(17)9-5-11-25-18(3,4)14(2)19(20,21)22/h8,10,13-17,24H,5-7,9,11-12H2,1-4H3. The normalized spacial score (nSPS) is 29.6. The molecule has 1 heterocycles. The van der Waals surface area contributed by atoms with E-state index >= 15 is 0 Å². The van der Waals surface area contributed by atoms with Gasteiger partial charge in [-0.3, -0.25) is 0 Å². The molecule has 0 aromatic carbocycles. The van der Waals surface area contributed by atoms with Crippen molar-refractivity contribution in [1.29, 1.82) is 0 Å². The van der Waals surface area contributed by atoms with E-state index in [-0.39, 0.29) is 6.10 Å². The SMILES string of the molecule is CC(O)C1CCC2C(C=CN2CCCOC(C)(C)C(C)C(F)(F)F)C1. The summed E-state index contributed by atoms with van der Waals surface area (Å²) in [5.74, 6) is -0.637.